The number of aliphatic hydroxyl groups is 1. The molecule has 0 aromatic carbocycles. The van der Waals surface area contributed by atoms with E-state index in [2.05, 4.69) is 4.98 Å². The number of hydrogen-bond donors (Lipinski definition) is 2. The van der Waals surface area contributed by atoms with Crippen LogP contribution < -0.4 is 11.2 Å². The summed E-state index contributed by atoms with van der Waals surface area (Å²) in [6.07, 6.45) is 2.04. The van der Waals surface area contributed by atoms with Crippen LogP contribution in [-0.4, -0.2) is 34.0 Å². The van der Waals surface area contributed by atoms with E-state index in [0.717, 1.165) is 0 Å². The van der Waals surface area contributed by atoms with Gasteiger partial charge in [0.25, 0.3) is 5.56 Å². The number of rotatable bonds is 9. The number of nitrogens with zero attached hydrogens (tertiary/aromatic N) is 1. The van der Waals surface area contributed by atoms with Gasteiger partial charge in [0.15, 0.2) is 0 Å². The lowest BCUT2D eigenvalue weighted by molar-refractivity contribution is 0.202. The topological polar surface area (TPSA) is 111 Å². The van der Waals surface area contributed by atoms with E-state index in [1.165, 1.54) is 22.7 Å². The van der Waals surface area contributed by atoms with Gasteiger partial charge in [0, 0.05) is 24.1 Å². The van der Waals surface area contributed by atoms with Crippen molar-refractivity contribution in [2.24, 2.45) is 0 Å². The second-order valence-corrected chi connectivity index (χ2v) is 6.73. The predicted molar refractivity (Wildman–Crippen MR) is 86.7 cm³/mol. The molecule has 23 heavy (non-hydrogen) atoms. The van der Waals surface area contributed by atoms with E-state index in [9.17, 15) is 19.3 Å². The number of H-pyrrole nitrogens is 1. The molecule has 0 radical (unpaired) electrons. The highest BCUT2D eigenvalue weighted by Crippen LogP contribution is 2.49. The summed E-state index contributed by atoms with van der Waals surface area (Å²) in [6.45, 7) is 5.64. The molecule has 2 N–H and O–H groups in total. The van der Waals surface area contributed by atoms with Gasteiger partial charge in [-0.15, -0.1) is 0 Å². The van der Waals surface area contributed by atoms with Gasteiger partial charge >= 0.3 is 13.3 Å². The molecule has 1 aromatic heterocycles. The molecule has 0 aliphatic heterocycles. The highest BCUT2D eigenvalue weighted by Gasteiger charge is 2.19. The molecule has 9 heteroatoms. The van der Waals surface area contributed by atoms with Crippen molar-refractivity contribution in [1.29, 1.82) is 0 Å². The number of hydrogen-bond acceptors (Lipinski definition) is 6. The smallest absolute Gasteiger partial charge is 0.353 e. The van der Waals surface area contributed by atoms with Crippen molar-refractivity contribution < 1.29 is 18.7 Å². The van der Waals surface area contributed by atoms with E-state index in [1.807, 2.05) is 0 Å². The number of aliphatic hydroxyl groups excluding tert-OH is 1. The van der Waals surface area contributed by atoms with E-state index < -0.39 is 24.9 Å². The Balaban J connectivity index is 2.70. The third-order valence-electron chi connectivity index (χ3n) is 2.96. The summed E-state index contributed by atoms with van der Waals surface area (Å²) in [7, 11) is -3.35. The molecule has 0 saturated carbocycles. The van der Waals surface area contributed by atoms with Crippen molar-refractivity contribution >= 4 is 7.60 Å². The van der Waals surface area contributed by atoms with Crippen molar-refractivity contribution in [2.75, 3.05) is 13.2 Å². The largest absolute Gasteiger partial charge is 0.389 e. The maximum Gasteiger partial charge on any atom is 0.353 e. The lowest BCUT2D eigenvalue weighted by Gasteiger charge is -2.13. The fourth-order valence-electron chi connectivity index (χ4n) is 1.84. The van der Waals surface area contributed by atoms with Gasteiger partial charge in [-0.1, -0.05) is 0 Å². The fourth-order valence-corrected chi connectivity index (χ4v) is 3.22. The van der Waals surface area contributed by atoms with Gasteiger partial charge in [-0.3, -0.25) is 14.3 Å². The number of aromatic nitrogens is 2. The minimum absolute atomic E-state index is 0.204. The van der Waals surface area contributed by atoms with Crippen LogP contribution in [0.25, 0.3) is 0 Å². The van der Waals surface area contributed by atoms with Crippen LogP contribution >= 0.6 is 7.60 Å². The van der Waals surface area contributed by atoms with E-state index in [4.69, 9.17) is 9.05 Å². The minimum Gasteiger partial charge on any atom is -0.389 e. The maximum atomic E-state index is 12.2. The van der Waals surface area contributed by atoms with E-state index in [1.54, 1.807) is 20.8 Å². The Morgan fingerprint density at radius 2 is 1.96 bits per heavy atom. The summed E-state index contributed by atoms with van der Waals surface area (Å²) in [4.78, 5) is 25.1. The summed E-state index contributed by atoms with van der Waals surface area (Å²) in [5.74, 6) is 1.23. The van der Waals surface area contributed by atoms with Crippen molar-refractivity contribution in [2.45, 2.75) is 39.8 Å². The van der Waals surface area contributed by atoms with Gasteiger partial charge in [-0.05, 0) is 33.3 Å². The zero-order valence-corrected chi connectivity index (χ0v) is 14.4. The third kappa shape index (κ3) is 6.27. The lowest BCUT2D eigenvalue weighted by atomic mass is 10.2. The van der Waals surface area contributed by atoms with Gasteiger partial charge in [-0.25, -0.2) is 4.79 Å². The molecular weight excluding hydrogens is 323 g/mol. The molecule has 1 rings (SSSR count). The van der Waals surface area contributed by atoms with Crippen molar-refractivity contribution in [3.8, 4) is 0 Å². The SMILES string of the molecule is CCOP(=O)(C=CC(O)CCn1cc(C)c(=O)[nH]c1=O)OCC. The number of nitrogens with one attached hydrogen (secondary N) is 1. The maximum absolute atomic E-state index is 12.2. The van der Waals surface area contributed by atoms with Crippen LogP contribution in [-0.2, 0) is 20.2 Å². The summed E-state index contributed by atoms with van der Waals surface area (Å²) in [5, 5.41) is 9.92. The van der Waals surface area contributed by atoms with Crippen LogP contribution in [0.2, 0.25) is 0 Å². The summed E-state index contributed by atoms with van der Waals surface area (Å²) in [6, 6.07) is 0. The first kappa shape index (κ1) is 19.6. The van der Waals surface area contributed by atoms with Crippen LogP contribution in [0.5, 0.6) is 0 Å². The molecule has 8 nitrogen and oxygen atoms in total. The van der Waals surface area contributed by atoms with E-state index in [0.29, 0.717) is 5.56 Å². The standard InChI is InChI=1S/C14H23N2O6P/c1-4-21-23(20,22-5-2)9-7-12(17)6-8-16-10-11(3)13(18)15-14(16)19/h7,9-10,12,17H,4-6,8H2,1-3H3,(H,15,18,19). The third-order valence-corrected chi connectivity index (χ3v) is 4.74. The van der Waals surface area contributed by atoms with Gasteiger partial charge in [-0.2, -0.15) is 0 Å². The molecule has 0 fully saturated rings. The molecule has 0 spiro atoms. The molecule has 1 atom stereocenters. The first-order chi connectivity index (χ1) is 10.8. The van der Waals surface area contributed by atoms with E-state index in [-0.39, 0.29) is 26.2 Å². The van der Waals surface area contributed by atoms with Crippen LogP contribution in [0, 0.1) is 6.92 Å². The van der Waals surface area contributed by atoms with Gasteiger partial charge in [0.1, 0.15) is 0 Å². The Bertz CT molecular complexity index is 683. The van der Waals surface area contributed by atoms with Gasteiger partial charge in [0.2, 0.25) is 0 Å². The monoisotopic (exact) mass is 346 g/mol. The van der Waals surface area contributed by atoms with Crippen molar-refractivity contribution in [3.63, 3.8) is 0 Å². The first-order valence-corrected chi connectivity index (χ1v) is 8.99. The highest BCUT2D eigenvalue weighted by atomic mass is 31.2. The lowest BCUT2D eigenvalue weighted by Crippen LogP contribution is -2.31. The summed E-state index contributed by atoms with van der Waals surface area (Å²) in [5.41, 5.74) is -0.557. The molecule has 0 aliphatic rings. The fraction of sp³-hybridized carbons (Fsp3) is 0.571. The number of aromatic amines is 1. The van der Waals surface area contributed by atoms with Crippen molar-refractivity contribution in [3.05, 3.63) is 44.5 Å². The molecule has 0 bridgehead atoms. The molecule has 1 heterocycles. The molecule has 0 amide bonds. The Hall–Kier alpha value is -1.47. The van der Waals surface area contributed by atoms with Crippen LogP contribution in [0.15, 0.2) is 27.7 Å². The van der Waals surface area contributed by atoms with Crippen LogP contribution in [0.1, 0.15) is 25.8 Å². The van der Waals surface area contributed by atoms with Gasteiger partial charge in [0.05, 0.1) is 19.3 Å². The van der Waals surface area contributed by atoms with Crippen LogP contribution in [0.3, 0.4) is 0 Å². The average molecular weight is 346 g/mol. The normalized spacial score (nSPS) is 13.6. The Kier molecular flexibility index (Phi) is 7.64. The highest BCUT2D eigenvalue weighted by molar-refractivity contribution is 7.57. The predicted octanol–water partition coefficient (Wildman–Crippen LogP) is 1.38. The Morgan fingerprint density at radius 3 is 2.52 bits per heavy atom. The summed E-state index contributed by atoms with van der Waals surface area (Å²) >= 11 is 0. The van der Waals surface area contributed by atoms with E-state index >= 15 is 0 Å². The molecule has 0 saturated heterocycles. The molecule has 0 aliphatic carbocycles. The van der Waals surface area contributed by atoms with Crippen molar-refractivity contribution in [1.82, 2.24) is 9.55 Å². The molecular formula is C14H23N2O6P. The van der Waals surface area contributed by atoms with Crippen LogP contribution in [0.4, 0.5) is 0 Å². The zero-order valence-electron chi connectivity index (χ0n) is 13.5. The molecule has 130 valence electrons. The minimum atomic E-state index is -3.35. The average Bonchev–Trinajstić information content (AvgIpc) is 2.48. The molecule has 1 aromatic rings. The summed E-state index contributed by atoms with van der Waals surface area (Å²) < 4.78 is 23.6. The second-order valence-electron chi connectivity index (χ2n) is 4.84. The number of aryl methyl sites for hydroxylation is 2. The second kappa shape index (κ2) is 8.98. The molecule has 1 unspecified atom stereocenters. The zero-order chi connectivity index (χ0) is 17.5. The Morgan fingerprint density at radius 1 is 1.35 bits per heavy atom. The van der Waals surface area contributed by atoms with Gasteiger partial charge < -0.3 is 18.7 Å². The quantitative estimate of drug-likeness (QED) is 0.654. The first-order valence-electron chi connectivity index (χ1n) is 7.38. The Labute approximate surface area is 134 Å².